The Labute approximate surface area is 215 Å². The first kappa shape index (κ1) is 27.2. The van der Waals surface area contributed by atoms with E-state index in [2.05, 4.69) is 25.8 Å². The van der Waals surface area contributed by atoms with Gasteiger partial charge >= 0.3 is 6.03 Å². The van der Waals surface area contributed by atoms with Crippen LogP contribution in [0.25, 0.3) is 10.9 Å². The molecule has 0 aliphatic rings. The maximum Gasteiger partial charge on any atom is 0.324 e. The second-order valence-corrected chi connectivity index (χ2v) is 8.51. The van der Waals surface area contributed by atoms with Gasteiger partial charge in [0.2, 0.25) is 5.88 Å². The van der Waals surface area contributed by atoms with Crippen LogP contribution in [0.4, 0.5) is 16.3 Å². The number of carbonyl (C=O) groups excluding carboxylic acids is 1. The molecule has 0 aliphatic heterocycles. The molecule has 4 rings (SSSR count). The molecule has 0 saturated carbocycles. The van der Waals surface area contributed by atoms with Gasteiger partial charge in [-0.3, -0.25) is 5.32 Å². The minimum Gasteiger partial charge on any atom is -0.493 e. The summed E-state index contributed by atoms with van der Waals surface area (Å²) in [5, 5.41) is 9.97. The number of ether oxygens (including phenoxy) is 4. The summed E-state index contributed by atoms with van der Waals surface area (Å²) < 4.78 is 27.3. The lowest BCUT2D eigenvalue weighted by atomic mass is 9.91. The Bertz CT molecular complexity index is 1370. The fourth-order valence-electron chi connectivity index (χ4n) is 3.55. The Balaban J connectivity index is 0.00000380. The molecule has 0 radical (unpaired) electrons. The molecule has 2 N–H and O–H groups in total. The average molecular weight is 510 g/mol. The summed E-state index contributed by atoms with van der Waals surface area (Å²) in [7, 11) is 4.72. The van der Waals surface area contributed by atoms with E-state index in [9.17, 15) is 4.79 Å². The molecule has 4 aromatic rings. The van der Waals surface area contributed by atoms with Crippen LogP contribution in [0.2, 0.25) is 0 Å². The third-order valence-corrected chi connectivity index (χ3v) is 5.33. The van der Waals surface area contributed by atoms with Crippen molar-refractivity contribution in [1.29, 1.82) is 0 Å². The number of nitrogens with one attached hydrogen (secondary N) is 2. The number of nitrogens with zero attached hydrogens (tertiary/aromatic N) is 3. The molecule has 0 unspecified atom stereocenters. The lowest BCUT2D eigenvalue weighted by molar-refractivity contribution is 0.129. The van der Waals surface area contributed by atoms with E-state index < -0.39 is 6.03 Å². The van der Waals surface area contributed by atoms with E-state index in [0.717, 1.165) is 0 Å². The van der Waals surface area contributed by atoms with E-state index in [1.807, 2.05) is 13.8 Å². The van der Waals surface area contributed by atoms with Gasteiger partial charge in [-0.2, -0.15) is 0 Å². The van der Waals surface area contributed by atoms with Crippen LogP contribution in [-0.2, 0) is 10.2 Å². The zero-order chi connectivity index (χ0) is 25.7. The molecule has 196 valence electrons. The predicted molar refractivity (Wildman–Crippen MR) is 140 cm³/mol. The number of aromatic nitrogens is 3. The number of carbonyl (C=O) groups is 1. The zero-order valence-corrected chi connectivity index (χ0v) is 20.6. The van der Waals surface area contributed by atoms with Crippen molar-refractivity contribution in [2.75, 3.05) is 38.6 Å². The van der Waals surface area contributed by atoms with Gasteiger partial charge in [0.25, 0.3) is 0 Å². The van der Waals surface area contributed by atoms with Crippen LogP contribution in [0.15, 0.2) is 53.3 Å². The van der Waals surface area contributed by atoms with E-state index in [0.29, 0.717) is 52.1 Å². The average Bonchev–Trinajstić information content (AvgIpc) is 3.33. The largest absolute Gasteiger partial charge is 0.493 e. The van der Waals surface area contributed by atoms with E-state index in [1.54, 1.807) is 63.8 Å². The van der Waals surface area contributed by atoms with Crippen LogP contribution in [0.1, 0.15) is 27.0 Å². The minimum absolute atomic E-state index is 0. The smallest absolute Gasteiger partial charge is 0.324 e. The highest BCUT2D eigenvalue weighted by molar-refractivity contribution is 5.99. The molecular weight excluding hydrogens is 478 g/mol. The van der Waals surface area contributed by atoms with Gasteiger partial charge in [0, 0.05) is 36.4 Å². The molecule has 2 heterocycles. The van der Waals surface area contributed by atoms with Crippen molar-refractivity contribution in [1.82, 2.24) is 15.1 Å². The van der Waals surface area contributed by atoms with E-state index >= 15 is 0 Å². The van der Waals surface area contributed by atoms with Crippen molar-refractivity contribution >= 4 is 28.4 Å². The molecule has 0 atom stereocenters. The van der Waals surface area contributed by atoms with Crippen molar-refractivity contribution in [3.8, 4) is 23.1 Å². The molecule has 2 aromatic heterocycles. The quantitative estimate of drug-likeness (QED) is 0.295. The van der Waals surface area contributed by atoms with Gasteiger partial charge < -0.3 is 28.8 Å². The molecule has 11 nitrogen and oxygen atoms in total. The normalized spacial score (nSPS) is 10.9. The number of urea groups is 1. The number of anilines is 2. The van der Waals surface area contributed by atoms with E-state index in [4.69, 9.17) is 23.5 Å². The van der Waals surface area contributed by atoms with Crippen molar-refractivity contribution in [3.05, 3.63) is 54.6 Å². The predicted octanol–water partition coefficient (Wildman–Crippen LogP) is 5.63. The second kappa shape index (κ2) is 11.6. The van der Waals surface area contributed by atoms with Gasteiger partial charge in [-0.05, 0) is 18.2 Å². The molecule has 0 bridgehead atoms. The molecule has 2 amide bonds. The van der Waals surface area contributed by atoms with Crippen molar-refractivity contribution < 1.29 is 28.3 Å². The van der Waals surface area contributed by atoms with Crippen LogP contribution >= 0.6 is 0 Å². The first-order chi connectivity index (χ1) is 17.3. The maximum atomic E-state index is 12.5. The number of hydrogen-bond acceptors (Lipinski definition) is 9. The summed E-state index contributed by atoms with van der Waals surface area (Å²) in [6.07, 6.45) is 1.40. The van der Waals surface area contributed by atoms with Crippen LogP contribution < -0.4 is 24.8 Å². The monoisotopic (exact) mass is 509 g/mol. The van der Waals surface area contributed by atoms with Crippen molar-refractivity contribution in [2.24, 2.45) is 0 Å². The SMILES string of the molecule is C.COCC(C)(C)c1cc(NC(=O)Nc2cccc(Oc3ncnc4cc(OC)c(OC)cc34)c2)no1. The summed E-state index contributed by atoms with van der Waals surface area (Å²) in [6, 6.07) is 11.6. The second-order valence-electron chi connectivity index (χ2n) is 8.51. The molecule has 0 aliphatic carbocycles. The molecule has 0 fully saturated rings. The summed E-state index contributed by atoms with van der Waals surface area (Å²) in [5.74, 6) is 2.76. The summed E-state index contributed by atoms with van der Waals surface area (Å²) in [5.41, 5.74) is 0.752. The van der Waals surface area contributed by atoms with Gasteiger partial charge in [-0.1, -0.05) is 32.5 Å². The zero-order valence-electron chi connectivity index (χ0n) is 20.6. The van der Waals surface area contributed by atoms with Crippen LogP contribution in [0, 0.1) is 0 Å². The van der Waals surface area contributed by atoms with Crippen LogP contribution in [0.3, 0.4) is 0 Å². The molecule has 37 heavy (non-hydrogen) atoms. The molecule has 2 aromatic carbocycles. The number of fused-ring (bicyclic) bond motifs is 1. The highest BCUT2D eigenvalue weighted by Gasteiger charge is 2.26. The number of amides is 2. The summed E-state index contributed by atoms with van der Waals surface area (Å²) >= 11 is 0. The number of hydrogen-bond donors (Lipinski definition) is 2. The molecule has 0 saturated heterocycles. The van der Waals surface area contributed by atoms with E-state index in [-0.39, 0.29) is 18.7 Å². The van der Waals surface area contributed by atoms with Gasteiger partial charge in [0.05, 0.1) is 31.7 Å². The van der Waals surface area contributed by atoms with Crippen molar-refractivity contribution in [2.45, 2.75) is 26.7 Å². The Morgan fingerprint density at radius 3 is 2.49 bits per heavy atom. The highest BCUT2D eigenvalue weighted by Crippen LogP contribution is 2.36. The Hall–Kier alpha value is -4.38. The number of rotatable bonds is 9. The van der Waals surface area contributed by atoms with Gasteiger partial charge in [-0.15, -0.1) is 0 Å². The van der Waals surface area contributed by atoms with Gasteiger partial charge in [0.1, 0.15) is 17.8 Å². The summed E-state index contributed by atoms with van der Waals surface area (Å²) in [6.45, 7) is 4.36. The third kappa shape index (κ3) is 6.25. The Morgan fingerprint density at radius 1 is 1.00 bits per heavy atom. The fraction of sp³-hybridized carbons (Fsp3) is 0.308. The van der Waals surface area contributed by atoms with Gasteiger partial charge in [0.15, 0.2) is 17.3 Å². The molecule has 11 heteroatoms. The summed E-state index contributed by atoms with van der Waals surface area (Å²) in [4.78, 5) is 21.1. The lowest BCUT2D eigenvalue weighted by Gasteiger charge is -2.19. The molecular formula is C26H31N5O6. The van der Waals surface area contributed by atoms with Crippen molar-refractivity contribution in [3.63, 3.8) is 0 Å². The standard InChI is InChI=1S/C25H27N5O6.CH4/c1-25(2,13-32-3)21-12-22(30-36-21)29-24(31)28-15-7-6-8-16(9-15)35-23-17-10-19(33-4)20(34-5)11-18(17)26-14-27-23;/h6-12,14H,13H2,1-5H3,(H2,28,29,30,31);1H4. The highest BCUT2D eigenvalue weighted by atomic mass is 16.5. The minimum atomic E-state index is -0.485. The first-order valence-corrected chi connectivity index (χ1v) is 11.0. The maximum absolute atomic E-state index is 12.5. The Morgan fingerprint density at radius 2 is 1.76 bits per heavy atom. The van der Waals surface area contributed by atoms with E-state index in [1.165, 1.54) is 6.33 Å². The number of benzene rings is 2. The van der Waals surface area contributed by atoms with Crippen LogP contribution in [0.5, 0.6) is 23.1 Å². The lowest BCUT2D eigenvalue weighted by Crippen LogP contribution is -2.23. The van der Waals surface area contributed by atoms with Gasteiger partial charge in [-0.25, -0.2) is 14.8 Å². The third-order valence-electron chi connectivity index (χ3n) is 5.33. The first-order valence-electron chi connectivity index (χ1n) is 11.0. The van der Waals surface area contributed by atoms with Crippen LogP contribution in [-0.4, -0.2) is 49.1 Å². The topological polar surface area (TPSA) is 130 Å². The number of methoxy groups -OCH3 is 3. The molecule has 0 spiro atoms. The fourth-order valence-corrected chi connectivity index (χ4v) is 3.55. The Kier molecular flexibility index (Phi) is 8.51.